The van der Waals surface area contributed by atoms with Gasteiger partial charge >= 0.3 is 12.0 Å². The first-order valence-corrected chi connectivity index (χ1v) is 7.28. The van der Waals surface area contributed by atoms with Crippen LogP contribution in [0.15, 0.2) is 0 Å². The second-order valence-electron chi connectivity index (χ2n) is 5.26. The zero-order chi connectivity index (χ0) is 16.1. The molecule has 0 aromatic rings. The van der Waals surface area contributed by atoms with Gasteiger partial charge in [0.2, 0.25) is 0 Å². The van der Waals surface area contributed by atoms with Crippen molar-refractivity contribution in [2.24, 2.45) is 11.8 Å². The summed E-state index contributed by atoms with van der Waals surface area (Å²) < 4.78 is 10.1. The third-order valence-corrected chi connectivity index (χ3v) is 2.80. The van der Waals surface area contributed by atoms with Crippen molar-refractivity contribution in [1.29, 1.82) is 0 Å². The monoisotopic (exact) mass is 304 g/mol. The molecule has 0 aromatic heterocycles. The van der Waals surface area contributed by atoms with Gasteiger partial charge in [0.05, 0.1) is 19.1 Å². The molecule has 124 valence electrons. The average Bonchev–Trinajstić information content (AvgIpc) is 2.41. The Hall–Kier alpha value is -1.34. The van der Waals surface area contributed by atoms with Gasteiger partial charge in [0.25, 0.3) is 0 Å². The molecule has 0 rings (SSSR count). The number of carbonyl (C=O) groups is 2. The van der Waals surface area contributed by atoms with Crippen LogP contribution in [0.2, 0.25) is 0 Å². The minimum Gasteiger partial charge on any atom is -0.481 e. The van der Waals surface area contributed by atoms with Gasteiger partial charge in [0.1, 0.15) is 0 Å². The molecule has 0 saturated carbocycles. The Morgan fingerprint density at radius 2 is 1.86 bits per heavy atom. The average molecular weight is 304 g/mol. The van der Waals surface area contributed by atoms with E-state index in [1.165, 1.54) is 0 Å². The van der Waals surface area contributed by atoms with Crippen molar-refractivity contribution in [1.82, 2.24) is 10.6 Å². The lowest BCUT2D eigenvalue weighted by atomic mass is 9.97. The summed E-state index contributed by atoms with van der Waals surface area (Å²) in [4.78, 5) is 22.5. The molecule has 0 spiro atoms. The lowest BCUT2D eigenvalue weighted by Crippen LogP contribution is -2.40. The third kappa shape index (κ3) is 12.1. The van der Waals surface area contributed by atoms with Gasteiger partial charge in [0, 0.05) is 26.8 Å². The maximum atomic E-state index is 11.5. The van der Waals surface area contributed by atoms with Gasteiger partial charge in [-0.1, -0.05) is 13.8 Å². The Morgan fingerprint density at radius 3 is 2.43 bits per heavy atom. The summed E-state index contributed by atoms with van der Waals surface area (Å²) in [5, 5.41) is 14.3. The molecular formula is C14H28N2O5. The van der Waals surface area contributed by atoms with Crippen LogP contribution in [0.4, 0.5) is 4.79 Å². The molecule has 0 saturated heterocycles. The number of rotatable bonds is 12. The van der Waals surface area contributed by atoms with E-state index in [2.05, 4.69) is 10.6 Å². The number of methoxy groups -OCH3 is 1. The molecule has 1 atom stereocenters. The number of nitrogens with one attached hydrogen (secondary N) is 2. The molecule has 0 fully saturated rings. The van der Waals surface area contributed by atoms with Crippen LogP contribution >= 0.6 is 0 Å². The van der Waals surface area contributed by atoms with E-state index < -0.39 is 11.9 Å². The molecular weight excluding hydrogens is 276 g/mol. The number of carboxylic acids is 1. The summed E-state index contributed by atoms with van der Waals surface area (Å²) in [7, 11) is 1.61. The molecule has 0 heterocycles. The fraction of sp³-hybridized carbons (Fsp3) is 0.857. The molecule has 0 aliphatic rings. The van der Waals surface area contributed by atoms with Crippen LogP contribution < -0.4 is 10.6 Å². The number of carboxylic acid groups (broad SMARTS) is 1. The number of aliphatic carboxylic acids is 1. The lowest BCUT2D eigenvalue weighted by Gasteiger charge is -2.15. The van der Waals surface area contributed by atoms with Gasteiger partial charge in [-0.3, -0.25) is 4.79 Å². The highest BCUT2D eigenvalue weighted by atomic mass is 16.5. The number of hydrogen-bond acceptors (Lipinski definition) is 4. The first kappa shape index (κ1) is 19.7. The van der Waals surface area contributed by atoms with Crippen LogP contribution in [-0.2, 0) is 14.3 Å². The minimum atomic E-state index is -0.879. The Balaban J connectivity index is 3.66. The van der Waals surface area contributed by atoms with Crippen LogP contribution in [0.3, 0.4) is 0 Å². The number of amides is 2. The maximum Gasteiger partial charge on any atom is 0.314 e. The summed E-state index contributed by atoms with van der Waals surface area (Å²) in [5.41, 5.74) is 0. The van der Waals surface area contributed by atoms with Crippen LogP contribution in [0, 0.1) is 11.8 Å². The SMILES string of the molecule is COCCOCCCNC(=O)NCC(CC(C)C)C(=O)O. The largest absolute Gasteiger partial charge is 0.481 e. The van der Waals surface area contributed by atoms with Crippen LogP contribution in [0.5, 0.6) is 0 Å². The zero-order valence-corrected chi connectivity index (χ0v) is 13.2. The highest BCUT2D eigenvalue weighted by Crippen LogP contribution is 2.10. The van der Waals surface area contributed by atoms with Crippen molar-refractivity contribution in [2.45, 2.75) is 26.7 Å². The molecule has 2 amide bonds. The molecule has 21 heavy (non-hydrogen) atoms. The Bertz CT molecular complexity index is 297. The number of urea groups is 1. The maximum absolute atomic E-state index is 11.5. The third-order valence-electron chi connectivity index (χ3n) is 2.80. The first-order valence-electron chi connectivity index (χ1n) is 7.28. The lowest BCUT2D eigenvalue weighted by molar-refractivity contribution is -0.142. The van der Waals surface area contributed by atoms with Gasteiger partial charge in [0.15, 0.2) is 0 Å². The van der Waals surface area contributed by atoms with E-state index in [1.54, 1.807) is 7.11 Å². The predicted octanol–water partition coefficient (Wildman–Crippen LogP) is 1.09. The van der Waals surface area contributed by atoms with Gasteiger partial charge in [-0.25, -0.2) is 4.79 Å². The molecule has 0 radical (unpaired) electrons. The van der Waals surface area contributed by atoms with E-state index in [4.69, 9.17) is 14.6 Å². The van der Waals surface area contributed by atoms with E-state index in [9.17, 15) is 9.59 Å². The summed E-state index contributed by atoms with van der Waals surface area (Å²) in [6, 6.07) is -0.345. The Kier molecular flexibility index (Phi) is 11.6. The van der Waals surface area contributed by atoms with Crippen molar-refractivity contribution < 1.29 is 24.2 Å². The van der Waals surface area contributed by atoms with Gasteiger partial charge < -0.3 is 25.2 Å². The highest BCUT2D eigenvalue weighted by Gasteiger charge is 2.19. The van der Waals surface area contributed by atoms with E-state index >= 15 is 0 Å². The van der Waals surface area contributed by atoms with Gasteiger partial charge in [-0.05, 0) is 18.8 Å². The van der Waals surface area contributed by atoms with Crippen molar-refractivity contribution in [2.75, 3.05) is 40.0 Å². The molecule has 3 N–H and O–H groups in total. The van der Waals surface area contributed by atoms with Crippen molar-refractivity contribution >= 4 is 12.0 Å². The Labute approximate surface area is 126 Å². The van der Waals surface area contributed by atoms with Crippen molar-refractivity contribution in [3.8, 4) is 0 Å². The second kappa shape index (κ2) is 12.4. The predicted molar refractivity (Wildman–Crippen MR) is 79.3 cm³/mol. The fourth-order valence-electron chi connectivity index (χ4n) is 1.74. The molecule has 0 aromatic carbocycles. The molecule has 7 heteroatoms. The van der Waals surface area contributed by atoms with Crippen molar-refractivity contribution in [3.05, 3.63) is 0 Å². The van der Waals surface area contributed by atoms with Gasteiger partial charge in [-0.2, -0.15) is 0 Å². The van der Waals surface area contributed by atoms with Crippen LogP contribution in [0.25, 0.3) is 0 Å². The topological polar surface area (TPSA) is 96.9 Å². The molecule has 7 nitrogen and oxygen atoms in total. The summed E-state index contributed by atoms with van der Waals surface area (Å²) in [5.74, 6) is -1.15. The molecule has 0 bridgehead atoms. The number of carbonyl (C=O) groups excluding carboxylic acids is 1. The quantitative estimate of drug-likeness (QED) is 0.469. The molecule has 0 aliphatic carbocycles. The zero-order valence-electron chi connectivity index (χ0n) is 13.2. The standard InChI is InChI=1S/C14H28N2O5/c1-11(2)9-12(13(17)18)10-16-14(19)15-5-4-6-21-8-7-20-3/h11-12H,4-10H2,1-3H3,(H,17,18)(H2,15,16,19). The minimum absolute atomic E-state index is 0.143. The normalized spacial score (nSPS) is 12.2. The molecule has 0 aliphatic heterocycles. The smallest absolute Gasteiger partial charge is 0.314 e. The van der Waals surface area contributed by atoms with Crippen LogP contribution in [-0.4, -0.2) is 57.1 Å². The van der Waals surface area contributed by atoms with Crippen LogP contribution in [0.1, 0.15) is 26.7 Å². The number of ether oxygens (including phenoxy) is 2. The second-order valence-corrected chi connectivity index (χ2v) is 5.26. The summed E-state index contributed by atoms with van der Waals surface area (Å²) in [6.45, 7) is 6.19. The summed E-state index contributed by atoms with van der Waals surface area (Å²) >= 11 is 0. The highest BCUT2D eigenvalue weighted by molar-refractivity contribution is 5.75. The van der Waals surface area contributed by atoms with Gasteiger partial charge in [-0.15, -0.1) is 0 Å². The fourth-order valence-corrected chi connectivity index (χ4v) is 1.74. The van der Waals surface area contributed by atoms with E-state index in [0.717, 1.165) is 0 Å². The molecule has 1 unspecified atom stereocenters. The van der Waals surface area contributed by atoms with Crippen molar-refractivity contribution in [3.63, 3.8) is 0 Å². The number of hydrogen-bond donors (Lipinski definition) is 3. The summed E-state index contributed by atoms with van der Waals surface area (Å²) in [6.07, 6.45) is 1.24. The first-order chi connectivity index (χ1) is 9.97. The van der Waals surface area contributed by atoms with E-state index in [-0.39, 0.29) is 18.5 Å². The Morgan fingerprint density at radius 1 is 1.14 bits per heavy atom. The van der Waals surface area contributed by atoms with E-state index in [1.807, 2.05) is 13.8 Å². The van der Waals surface area contributed by atoms with E-state index in [0.29, 0.717) is 39.2 Å².